The summed E-state index contributed by atoms with van der Waals surface area (Å²) in [6, 6.07) is 8.31. The van der Waals surface area contributed by atoms with Gasteiger partial charge in [-0.3, -0.25) is 18.9 Å². The van der Waals surface area contributed by atoms with Gasteiger partial charge in [-0.15, -0.1) is 5.06 Å². The lowest BCUT2D eigenvalue weighted by Crippen LogP contribution is -2.49. The predicted molar refractivity (Wildman–Crippen MR) is 476 cm³/mol. The Labute approximate surface area is 766 Å². The largest absolute Gasteiger partial charge is 0.456 e. The smallest absolute Gasteiger partial charge is 0.335 e. The summed E-state index contributed by atoms with van der Waals surface area (Å²) >= 11 is 0. The van der Waals surface area contributed by atoms with Gasteiger partial charge in [0.25, 0.3) is 21.9 Å². The van der Waals surface area contributed by atoms with Gasteiger partial charge in [0.15, 0.2) is 5.54 Å². The summed E-state index contributed by atoms with van der Waals surface area (Å²) in [6.07, 6.45) is 7.13. The lowest BCUT2D eigenvalue weighted by Gasteiger charge is -2.48. The van der Waals surface area contributed by atoms with Gasteiger partial charge in [-0.05, 0) is 69.9 Å². The highest BCUT2D eigenvalue weighted by atomic mass is 32.2. The van der Waals surface area contributed by atoms with Crippen molar-refractivity contribution in [3.05, 3.63) is 75.8 Å². The number of imide groups is 1. The number of ether oxygens (including phenoxy) is 25. The number of amides is 3. The van der Waals surface area contributed by atoms with Crippen LogP contribution in [-0.2, 0) is 154 Å². The number of anilines is 1. The molecule has 7 rings (SSSR count). The number of carbonyl (C=O) groups excluding carboxylic acids is 4. The first-order valence-electron chi connectivity index (χ1n) is 45.7. The number of nitrogens with one attached hydrogen (secondary N) is 1. The summed E-state index contributed by atoms with van der Waals surface area (Å²) in [5.41, 5.74) is 4.77. The van der Waals surface area contributed by atoms with Crippen LogP contribution in [0.4, 0.5) is 5.69 Å². The number of imidazole rings is 1. The zero-order chi connectivity index (χ0) is 92.8. The third-order valence-electron chi connectivity index (χ3n) is 20.5. The number of hydroxylamine groups is 2. The van der Waals surface area contributed by atoms with Crippen LogP contribution in [0.5, 0.6) is 11.5 Å². The number of carbonyl (C=O) groups is 4. The quantitative estimate of drug-likeness (QED) is 0.0274. The van der Waals surface area contributed by atoms with Crippen LogP contribution in [0.25, 0.3) is 11.1 Å². The monoisotopic (exact) mass is 1870 g/mol. The molecule has 1 saturated heterocycles. The molecule has 1 unspecified atom stereocenters. The normalized spacial score (nSPS) is 15.2. The molecule has 3 amide bonds. The van der Waals surface area contributed by atoms with Gasteiger partial charge in [0.2, 0.25) is 11.3 Å². The van der Waals surface area contributed by atoms with E-state index in [1.54, 1.807) is 12.4 Å². The first-order valence-corrected chi connectivity index (χ1v) is 47.3. The molecule has 39 nitrogen and oxygen atoms in total. The third-order valence-corrected chi connectivity index (χ3v) is 21.3. The molecule has 40 heteroatoms. The van der Waals surface area contributed by atoms with E-state index in [1.807, 2.05) is 16.7 Å². The highest BCUT2D eigenvalue weighted by Gasteiger charge is 2.42. The first kappa shape index (κ1) is 111. The van der Waals surface area contributed by atoms with E-state index in [1.165, 1.54) is 5.57 Å². The van der Waals surface area contributed by atoms with Crippen LogP contribution in [0.3, 0.4) is 0 Å². The van der Waals surface area contributed by atoms with Crippen molar-refractivity contribution < 1.29 is 155 Å². The fraction of sp³-hybridized carbons (Fsp3) is 0.756. The van der Waals surface area contributed by atoms with E-state index in [4.69, 9.17) is 128 Å². The molecular formula is C90H147N6O33S+. The highest BCUT2D eigenvalue weighted by molar-refractivity contribution is 7.85. The van der Waals surface area contributed by atoms with Crippen molar-refractivity contribution in [2.45, 2.75) is 104 Å². The van der Waals surface area contributed by atoms with Gasteiger partial charge in [0.1, 0.15) is 30.4 Å². The summed E-state index contributed by atoms with van der Waals surface area (Å²) in [5, 5.41) is 5.37. The molecule has 3 aromatic rings. The fourth-order valence-corrected chi connectivity index (χ4v) is 15.2. The Balaban J connectivity index is 0.533. The van der Waals surface area contributed by atoms with Crippen molar-refractivity contribution in [2.24, 2.45) is 0 Å². The SMILES string of the molecule is CCC1=CC(C)(C)[N+](CC)=c2cc3c(cc21)=C(c1nccn1CC(=O)NCCOCCOCCOCCOCCOCCOCCOCCOCCOCCOCCOCCOCCOCCOCCOCCOCCOCCOCCOCCOCCOCCOCCOCCOCCC(=O)ON1C(=O)CCC1=O)c1cc2c(cc1O3)N(CC)C(C)(C)CC2CS(=O)(=O)O. The minimum absolute atomic E-state index is 0.0252. The maximum Gasteiger partial charge on any atom is 0.335 e. The van der Waals surface area contributed by atoms with Gasteiger partial charge >= 0.3 is 5.97 Å². The molecule has 0 aliphatic carbocycles. The zero-order valence-electron chi connectivity index (χ0n) is 77.8. The van der Waals surface area contributed by atoms with Crippen LogP contribution in [0.2, 0.25) is 0 Å². The Morgan fingerprint density at radius 1 is 0.477 bits per heavy atom. The molecule has 4 aliphatic heterocycles. The first-order chi connectivity index (χ1) is 63.3. The lowest BCUT2D eigenvalue weighted by atomic mass is 9.78. The maximum absolute atomic E-state index is 13.7. The van der Waals surface area contributed by atoms with Crippen LogP contribution >= 0.6 is 0 Å². The van der Waals surface area contributed by atoms with E-state index in [0.717, 1.165) is 51.5 Å². The number of nitrogens with zero attached hydrogens (tertiary/aromatic N) is 5. The number of fused-ring (bicyclic) bond motifs is 4. The number of aromatic nitrogens is 2. The summed E-state index contributed by atoms with van der Waals surface area (Å²) < 4.78 is 180. The van der Waals surface area contributed by atoms with Crippen molar-refractivity contribution in [1.82, 2.24) is 24.5 Å². The number of likely N-dealkylation sites (N-methyl/N-ethyl adjacent to an activating group) is 1. The van der Waals surface area contributed by atoms with E-state index in [-0.39, 0.29) is 63.6 Å². The summed E-state index contributed by atoms with van der Waals surface area (Å²) in [5.74, 6) is -1.10. The Morgan fingerprint density at radius 3 is 1.17 bits per heavy atom. The number of hydrogen-bond donors (Lipinski definition) is 2. The molecule has 0 saturated carbocycles. The van der Waals surface area contributed by atoms with Gasteiger partial charge in [-0.25, -0.2) is 14.4 Å². The van der Waals surface area contributed by atoms with E-state index >= 15 is 0 Å². The molecule has 5 heterocycles. The van der Waals surface area contributed by atoms with Crippen LogP contribution in [0.15, 0.2) is 42.7 Å². The van der Waals surface area contributed by atoms with E-state index in [2.05, 4.69) is 81.5 Å². The van der Waals surface area contributed by atoms with Gasteiger partial charge in [-0.1, -0.05) is 6.92 Å². The van der Waals surface area contributed by atoms with Crippen LogP contribution < -0.4 is 30.1 Å². The second-order valence-electron chi connectivity index (χ2n) is 31.1. The molecule has 0 bridgehead atoms. The van der Waals surface area contributed by atoms with E-state index < -0.39 is 45.1 Å². The Morgan fingerprint density at radius 2 is 0.831 bits per heavy atom. The van der Waals surface area contributed by atoms with Crippen LogP contribution in [-0.4, -0.2) is 405 Å². The molecule has 0 spiro atoms. The van der Waals surface area contributed by atoms with Crippen molar-refractivity contribution in [3.63, 3.8) is 0 Å². The van der Waals surface area contributed by atoms with Crippen molar-refractivity contribution in [1.29, 1.82) is 0 Å². The molecule has 1 aromatic heterocycles. The average Bonchev–Trinajstić information content (AvgIpc) is 1.12. The van der Waals surface area contributed by atoms with Crippen LogP contribution in [0.1, 0.15) is 109 Å². The fourth-order valence-electron chi connectivity index (χ4n) is 14.4. The molecule has 2 N–H and O–H groups in total. The second-order valence-corrected chi connectivity index (χ2v) is 32.6. The minimum Gasteiger partial charge on any atom is -0.456 e. The zero-order valence-corrected chi connectivity index (χ0v) is 78.6. The van der Waals surface area contributed by atoms with Crippen molar-refractivity contribution >= 4 is 50.6 Å². The molecule has 2 aromatic carbocycles. The van der Waals surface area contributed by atoms with Gasteiger partial charge in [0.05, 0.1) is 335 Å². The molecule has 1 fully saturated rings. The summed E-state index contributed by atoms with van der Waals surface area (Å²) in [6.45, 7) is 37.2. The minimum atomic E-state index is -4.33. The van der Waals surface area contributed by atoms with Gasteiger partial charge in [0, 0.05) is 97.3 Å². The Kier molecular flexibility index (Phi) is 57.0. The molecule has 740 valence electrons. The summed E-state index contributed by atoms with van der Waals surface area (Å²) in [7, 11) is -4.33. The highest BCUT2D eigenvalue weighted by Crippen LogP contribution is 2.49. The third kappa shape index (κ3) is 44.5. The lowest BCUT2D eigenvalue weighted by molar-refractivity contribution is -0.198. The Bertz CT molecular complexity index is 3900. The summed E-state index contributed by atoms with van der Waals surface area (Å²) in [4.78, 5) is 60.3. The van der Waals surface area contributed by atoms with E-state index in [0.29, 0.717) is 333 Å². The topological polar surface area (TPSA) is 402 Å². The predicted octanol–water partition coefficient (Wildman–Crippen LogP) is 3.82. The number of hydrogen-bond acceptors (Lipinski definition) is 34. The standard InChI is InChI=1S/C90H146N6O33S/c1-8-73-69-89(4,5)94(9-2)79-67-81-77(65-75(73)79)87(78-66-76-74(72-130(101,102)103)70-90(6,7)95(10-3)80(76)68-82(78)128-81)88-92-14-16-93(88)71-83(97)91-15-18-105-20-22-107-24-26-109-28-30-111-32-34-113-36-38-115-40-42-117-44-46-119-48-50-121-52-54-123-56-58-125-60-62-127-64-63-126-61-59-124-57-55-122-53-51-120-49-47-118-45-43-116-41-39-114-37-35-112-33-31-110-29-27-108-25-23-106-21-19-104-17-13-86(100)129-96-84(98)11-12-85(96)99/h14,16,65-69,74H,8-13,15,17-64,70-72H2,1-7H3,(H-,91,97,101,102,103)/p+1. The van der Waals surface area contributed by atoms with Gasteiger partial charge < -0.3 is 138 Å². The number of allylic oxidation sites excluding steroid dienone is 1. The molecular weight excluding hydrogens is 1730 g/mol. The molecule has 130 heavy (non-hydrogen) atoms. The average molecular weight is 1870 g/mol. The van der Waals surface area contributed by atoms with E-state index in [9.17, 15) is 32.1 Å². The number of benzene rings is 2. The van der Waals surface area contributed by atoms with Gasteiger partial charge in [-0.2, -0.15) is 8.42 Å². The van der Waals surface area contributed by atoms with Crippen LogP contribution in [0, 0.1) is 0 Å². The van der Waals surface area contributed by atoms with Crippen molar-refractivity contribution in [3.8, 4) is 11.5 Å². The molecule has 1 atom stereocenters. The van der Waals surface area contributed by atoms with Crippen molar-refractivity contribution in [2.75, 3.05) is 347 Å². The number of rotatable bonds is 84. The maximum atomic E-state index is 13.7. The molecule has 4 aliphatic rings. The second kappa shape index (κ2) is 67.0. The molecule has 0 radical (unpaired) electrons. The Hall–Kier alpha value is -6.31.